The first-order valence-electron chi connectivity index (χ1n) is 5.86. The normalized spacial score (nSPS) is 13.3. The molecule has 19 heavy (non-hydrogen) atoms. The molecule has 0 radical (unpaired) electrons. The molecule has 4 nitrogen and oxygen atoms in total. The highest BCUT2D eigenvalue weighted by Gasteiger charge is 2.18. The molecule has 0 saturated heterocycles. The summed E-state index contributed by atoms with van der Waals surface area (Å²) in [6.07, 6.45) is 0. The number of nitrogens with one attached hydrogen (secondary N) is 1. The van der Waals surface area contributed by atoms with E-state index in [1.54, 1.807) is 6.07 Å². The van der Waals surface area contributed by atoms with Crippen LogP contribution in [0.3, 0.4) is 0 Å². The van der Waals surface area contributed by atoms with E-state index < -0.39 is 0 Å². The third kappa shape index (κ3) is 3.69. The van der Waals surface area contributed by atoms with E-state index in [1.165, 1.54) is 0 Å². The summed E-state index contributed by atoms with van der Waals surface area (Å²) >= 11 is 13.4. The summed E-state index contributed by atoms with van der Waals surface area (Å²) in [7, 11) is 0. The van der Waals surface area contributed by atoms with E-state index >= 15 is 0 Å². The first-order chi connectivity index (χ1) is 8.88. The zero-order chi connectivity index (χ0) is 14.0. The van der Waals surface area contributed by atoms with Gasteiger partial charge in [0.15, 0.2) is 0 Å². The molecule has 0 spiro atoms. The lowest BCUT2D eigenvalue weighted by molar-refractivity contribution is 0.00334. The molecule has 1 aromatic rings. The number of ether oxygens (including phenoxy) is 1. The monoisotopic (exact) mass is 319 g/mol. The molecule has 104 valence electrons. The van der Waals surface area contributed by atoms with E-state index in [0.717, 1.165) is 17.0 Å². The predicted molar refractivity (Wildman–Crippen MR) is 82.2 cm³/mol. The highest BCUT2D eigenvalue weighted by molar-refractivity contribution is 7.58. The summed E-state index contributed by atoms with van der Waals surface area (Å²) < 4.78 is 14.0. The highest BCUT2D eigenvalue weighted by atomic mass is 35.5. The number of fused-ring (bicyclic) bond motifs is 1. The maximum atomic E-state index is 6.18. The van der Waals surface area contributed by atoms with Crippen molar-refractivity contribution in [2.24, 2.45) is 8.73 Å². The first kappa shape index (κ1) is 14.8. The molecule has 0 atom stereocenters. The van der Waals surface area contributed by atoms with E-state index in [2.05, 4.69) is 14.0 Å². The molecule has 7 heteroatoms. The van der Waals surface area contributed by atoms with Gasteiger partial charge in [0, 0.05) is 6.54 Å². The molecule has 1 aliphatic rings. The minimum Gasteiger partial charge on any atom is -0.380 e. The topological polar surface area (TPSA) is 46.0 Å². The lowest BCUT2D eigenvalue weighted by atomic mass is 10.2. The minimum absolute atomic E-state index is 0.150. The second kappa shape index (κ2) is 5.79. The number of hydrogen-bond acceptors (Lipinski definition) is 4. The zero-order valence-corrected chi connectivity index (χ0v) is 13.3. The van der Waals surface area contributed by atoms with E-state index in [-0.39, 0.29) is 5.60 Å². The van der Waals surface area contributed by atoms with Gasteiger partial charge in [-0.25, -0.2) is 0 Å². The van der Waals surface area contributed by atoms with Gasteiger partial charge in [0.2, 0.25) is 0 Å². The fourth-order valence-electron chi connectivity index (χ4n) is 1.58. The second-order valence-corrected chi connectivity index (χ2v) is 6.41. The molecule has 0 aromatic heterocycles. The highest BCUT2D eigenvalue weighted by Crippen LogP contribution is 2.47. The van der Waals surface area contributed by atoms with Crippen LogP contribution in [0, 0.1) is 0 Å². The van der Waals surface area contributed by atoms with Crippen molar-refractivity contribution >= 4 is 51.6 Å². The van der Waals surface area contributed by atoms with Gasteiger partial charge >= 0.3 is 0 Å². The molecule has 0 aliphatic carbocycles. The Bertz CT molecular complexity index is 563. The fraction of sp³-hybridized carbons (Fsp3) is 0.500. The van der Waals surface area contributed by atoms with Crippen molar-refractivity contribution in [3.05, 3.63) is 16.1 Å². The van der Waals surface area contributed by atoms with Gasteiger partial charge in [0.1, 0.15) is 11.4 Å². The zero-order valence-electron chi connectivity index (χ0n) is 11.0. The lowest BCUT2D eigenvalue weighted by Gasteiger charge is -2.20. The number of rotatable bonds is 4. The van der Waals surface area contributed by atoms with Crippen molar-refractivity contribution in [3.8, 4) is 0 Å². The Kier molecular flexibility index (Phi) is 4.50. The van der Waals surface area contributed by atoms with Crippen molar-refractivity contribution in [1.29, 1.82) is 0 Å². The van der Waals surface area contributed by atoms with E-state index in [0.29, 0.717) is 34.6 Å². The van der Waals surface area contributed by atoms with Gasteiger partial charge in [-0.2, -0.15) is 8.73 Å². The van der Waals surface area contributed by atoms with Gasteiger partial charge in [-0.1, -0.05) is 23.2 Å². The Morgan fingerprint density at radius 3 is 2.58 bits per heavy atom. The van der Waals surface area contributed by atoms with Crippen LogP contribution in [0.4, 0.5) is 17.1 Å². The van der Waals surface area contributed by atoms with Crippen LogP contribution in [0.2, 0.25) is 10.0 Å². The molecule has 0 amide bonds. The quantitative estimate of drug-likeness (QED) is 0.810. The number of anilines is 1. The largest absolute Gasteiger partial charge is 0.380 e. The standard InChI is InChI=1S/C12H15Cl2N3OS/c1-12(2,3)18-5-4-15-9-7(13)6-8(14)10-11(9)17-19-16-10/h6,15H,4-5H2,1-3H3. The Hall–Kier alpha value is -0.620. The van der Waals surface area contributed by atoms with Crippen LogP contribution in [0.1, 0.15) is 20.8 Å². The summed E-state index contributed by atoms with van der Waals surface area (Å²) in [6, 6.07) is 1.68. The van der Waals surface area contributed by atoms with Gasteiger partial charge in [-0.3, -0.25) is 0 Å². The van der Waals surface area contributed by atoms with E-state index in [9.17, 15) is 0 Å². The Labute approximate surface area is 126 Å². The average Bonchev–Trinajstić information content (AvgIpc) is 2.75. The number of hydrogen-bond donors (Lipinski definition) is 1. The van der Waals surface area contributed by atoms with Crippen LogP contribution in [0.5, 0.6) is 0 Å². The smallest absolute Gasteiger partial charge is 0.130 e. The number of halogens is 2. The summed E-state index contributed by atoms with van der Waals surface area (Å²) in [5.74, 6) is 0. The summed E-state index contributed by atoms with van der Waals surface area (Å²) in [5, 5.41) is 4.29. The molecule has 0 fully saturated rings. The van der Waals surface area contributed by atoms with Gasteiger partial charge in [0.25, 0.3) is 0 Å². The predicted octanol–water partition coefficient (Wildman–Crippen LogP) is 4.95. The Morgan fingerprint density at radius 1 is 1.21 bits per heavy atom. The Morgan fingerprint density at radius 2 is 1.89 bits per heavy atom. The first-order valence-corrected chi connectivity index (χ1v) is 7.35. The van der Waals surface area contributed by atoms with Crippen molar-refractivity contribution in [3.63, 3.8) is 0 Å². The van der Waals surface area contributed by atoms with Crippen LogP contribution >= 0.6 is 23.2 Å². The van der Waals surface area contributed by atoms with E-state index in [4.69, 9.17) is 27.9 Å². The summed E-state index contributed by atoms with van der Waals surface area (Å²) in [4.78, 5) is 0. The average molecular weight is 320 g/mol. The molecule has 0 bridgehead atoms. The van der Waals surface area contributed by atoms with E-state index in [1.807, 2.05) is 20.8 Å². The molecular formula is C12H15Cl2N3OS. The minimum atomic E-state index is -0.150. The third-order valence-electron chi connectivity index (χ3n) is 2.38. The maximum Gasteiger partial charge on any atom is 0.130 e. The molecule has 1 aliphatic heterocycles. The summed E-state index contributed by atoms with van der Waals surface area (Å²) in [6.45, 7) is 7.28. The molecule has 0 saturated carbocycles. The van der Waals surface area contributed by atoms with Crippen LogP contribution in [-0.4, -0.2) is 18.8 Å². The van der Waals surface area contributed by atoms with Gasteiger partial charge < -0.3 is 10.1 Å². The number of benzene rings is 1. The van der Waals surface area contributed by atoms with Gasteiger partial charge in [-0.05, 0) is 26.8 Å². The van der Waals surface area contributed by atoms with Crippen LogP contribution in [0.25, 0.3) is 0 Å². The van der Waals surface area contributed by atoms with Crippen LogP contribution < -0.4 is 5.32 Å². The van der Waals surface area contributed by atoms with Crippen molar-refractivity contribution in [2.45, 2.75) is 26.4 Å². The van der Waals surface area contributed by atoms with Crippen molar-refractivity contribution in [2.75, 3.05) is 18.5 Å². The van der Waals surface area contributed by atoms with Gasteiger partial charge in [-0.15, -0.1) is 0 Å². The molecule has 0 unspecified atom stereocenters. The van der Waals surface area contributed by atoms with Crippen molar-refractivity contribution < 1.29 is 4.74 Å². The van der Waals surface area contributed by atoms with Crippen LogP contribution in [0.15, 0.2) is 14.8 Å². The van der Waals surface area contributed by atoms with Crippen molar-refractivity contribution in [1.82, 2.24) is 0 Å². The molecular weight excluding hydrogens is 305 g/mol. The number of nitrogens with zero attached hydrogens (tertiary/aromatic N) is 2. The third-order valence-corrected chi connectivity index (χ3v) is 3.50. The molecule has 1 N–H and O–H groups in total. The molecule has 1 heterocycles. The Balaban J connectivity index is 2.06. The van der Waals surface area contributed by atoms with Gasteiger partial charge in [0.05, 0.1) is 39.3 Å². The SMILES string of the molecule is CC(C)(C)OCCNc1c(Cl)cc(Cl)c2c1N=S=N2. The fourth-order valence-corrected chi connectivity index (χ4v) is 2.75. The lowest BCUT2D eigenvalue weighted by Crippen LogP contribution is -2.23. The second-order valence-electron chi connectivity index (χ2n) is 5.06. The maximum absolute atomic E-state index is 6.18. The molecule has 1 aromatic carbocycles. The molecule has 2 rings (SSSR count). The van der Waals surface area contributed by atoms with Crippen LogP contribution in [-0.2, 0) is 16.1 Å². The summed E-state index contributed by atoms with van der Waals surface area (Å²) in [5.41, 5.74) is 1.99.